The number of nitrogens with one attached hydrogen (secondary N) is 2. The second-order valence-electron chi connectivity index (χ2n) is 5.74. The zero-order chi connectivity index (χ0) is 18.5. The Morgan fingerprint density at radius 3 is 2.77 bits per heavy atom. The Labute approximate surface area is 149 Å². The number of Topliss-reactive ketones (excluding diaryl/α,β-unsaturated/α-hetero) is 1. The number of hydrogen-bond donors (Lipinski definition) is 2. The number of aromatic nitrogens is 1. The van der Waals surface area contributed by atoms with Gasteiger partial charge in [-0.25, -0.2) is 4.79 Å². The number of aromatic amines is 1. The van der Waals surface area contributed by atoms with Crippen molar-refractivity contribution in [2.24, 2.45) is 0 Å². The number of H-pyrrole nitrogens is 1. The first kappa shape index (κ1) is 17.5. The molecule has 0 unspecified atom stereocenters. The largest absolute Gasteiger partial charge is 0.496 e. The minimum Gasteiger partial charge on any atom is -0.496 e. The van der Waals surface area contributed by atoms with Gasteiger partial charge in [0.15, 0.2) is 11.4 Å². The molecule has 1 amide bonds. The molecule has 7 nitrogen and oxygen atoms in total. The molecule has 0 aliphatic rings. The fraction of sp³-hybridized carbons (Fsp3) is 0.211. The van der Waals surface area contributed by atoms with E-state index in [-0.39, 0.29) is 24.5 Å². The van der Waals surface area contributed by atoms with Crippen molar-refractivity contribution in [1.82, 2.24) is 10.3 Å². The molecule has 0 fully saturated rings. The van der Waals surface area contributed by atoms with E-state index >= 15 is 0 Å². The van der Waals surface area contributed by atoms with Gasteiger partial charge in [-0.05, 0) is 24.3 Å². The predicted octanol–water partition coefficient (Wildman–Crippen LogP) is 2.41. The van der Waals surface area contributed by atoms with Crippen LogP contribution in [0.3, 0.4) is 0 Å². The number of fused-ring (bicyclic) bond motifs is 1. The highest BCUT2D eigenvalue weighted by Gasteiger charge is 2.12. The van der Waals surface area contributed by atoms with Crippen LogP contribution in [0.25, 0.3) is 11.1 Å². The van der Waals surface area contributed by atoms with Crippen LogP contribution in [0.1, 0.15) is 28.8 Å². The van der Waals surface area contributed by atoms with Gasteiger partial charge in [-0.3, -0.25) is 14.6 Å². The molecule has 0 spiro atoms. The van der Waals surface area contributed by atoms with E-state index in [9.17, 15) is 14.4 Å². The standard InChI is InChI=1S/C19H18N2O5/c1-25-16-5-3-2-4-13(16)11-20-18(23)9-8-15(22)12-6-7-14-17(10-12)26-19(24)21-14/h2-7,10H,8-9,11H2,1H3,(H,20,23)(H,21,24). The van der Waals surface area contributed by atoms with Gasteiger partial charge >= 0.3 is 5.76 Å². The Hall–Kier alpha value is -3.35. The zero-order valence-corrected chi connectivity index (χ0v) is 14.2. The molecular weight excluding hydrogens is 336 g/mol. The van der Waals surface area contributed by atoms with Gasteiger partial charge in [0, 0.05) is 30.5 Å². The van der Waals surface area contributed by atoms with Crippen LogP contribution >= 0.6 is 0 Å². The van der Waals surface area contributed by atoms with Gasteiger partial charge < -0.3 is 14.5 Å². The highest BCUT2D eigenvalue weighted by atomic mass is 16.5. The Balaban J connectivity index is 1.54. The van der Waals surface area contributed by atoms with Gasteiger partial charge in [-0.15, -0.1) is 0 Å². The second kappa shape index (κ2) is 7.69. The van der Waals surface area contributed by atoms with Crippen molar-refractivity contribution in [3.8, 4) is 5.75 Å². The maximum Gasteiger partial charge on any atom is 0.417 e. The van der Waals surface area contributed by atoms with Crippen molar-refractivity contribution in [2.45, 2.75) is 19.4 Å². The van der Waals surface area contributed by atoms with Gasteiger partial charge in [0.1, 0.15) is 5.75 Å². The number of ketones is 1. The summed E-state index contributed by atoms with van der Waals surface area (Å²) >= 11 is 0. The quantitative estimate of drug-likeness (QED) is 0.635. The first-order valence-corrected chi connectivity index (χ1v) is 8.11. The van der Waals surface area contributed by atoms with Crippen LogP contribution in [-0.2, 0) is 11.3 Å². The van der Waals surface area contributed by atoms with Crippen LogP contribution in [0, 0.1) is 0 Å². The Kier molecular flexibility index (Phi) is 5.17. The van der Waals surface area contributed by atoms with Gasteiger partial charge in [0.2, 0.25) is 5.91 Å². The highest BCUT2D eigenvalue weighted by molar-refractivity contribution is 6.00. The number of para-hydroxylation sites is 1. The van der Waals surface area contributed by atoms with Gasteiger partial charge in [-0.2, -0.15) is 0 Å². The third-order valence-electron chi connectivity index (χ3n) is 3.99. The minimum absolute atomic E-state index is 0.0674. The maximum atomic E-state index is 12.2. The second-order valence-corrected chi connectivity index (χ2v) is 5.74. The van der Waals surface area contributed by atoms with Gasteiger partial charge in [0.05, 0.1) is 12.6 Å². The van der Waals surface area contributed by atoms with E-state index in [1.165, 1.54) is 6.07 Å². The Bertz CT molecular complexity index is 1000. The van der Waals surface area contributed by atoms with Crippen molar-refractivity contribution in [3.05, 3.63) is 64.1 Å². The normalized spacial score (nSPS) is 10.7. The number of ether oxygens (including phenoxy) is 1. The molecule has 2 N–H and O–H groups in total. The number of oxazole rings is 1. The van der Waals surface area contributed by atoms with Crippen molar-refractivity contribution >= 4 is 22.8 Å². The smallest absolute Gasteiger partial charge is 0.417 e. The summed E-state index contributed by atoms with van der Waals surface area (Å²) in [4.78, 5) is 37.9. The number of carbonyl (C=O) groups is 2. The summed E-state index contributed by atoms with van der Waals surface area (Å²) < 4.78 is 10.2. The molecule has 3 rings (SSSR count). The van der Waals surface area contributed by atoms with Crippen LogP contribution in [0.2, 0.25) is 0 Å². The number of methoxy groups -OCH3 is 1. The van der Waals surface area contributed by atoms with Crippen molar-refractivity contribution in [1.29, 1.82) is 0 Å². The molecule has 0 bridgehead atoms. The Morgan fingerprint density at radius 1 is 1.15 bits per heavy atom. The molecule has 26 heavy (non-hydrogen) atoms. The summed E-state index contributed by atoms with van der Waals surface area (Å²) in [6.07, 6.45) is 0.140. The van der Waals surface area contributed by atoms with E-state index in [0.29, 0.717) is 29.0 Å². The molecule has 0 atom stereocenters. The summed E-state index contributed by atoms with van der Waals surface area (Å²) in [7, 11) is 1.57. The molecule has 0 saturated carbocycles. The average Bonchev–Trinajstić information content (AvgIpc) is 3.03. The lowest BCUT2D eigenvalue weighted by molar-refractivity contribution is -0.121. The monoisotopic (exact) mass is 354 g/mol. The summed E-state index contributed by atoms with van der Waals surface area (Å²) in [5.41, 5.74) is 2.11. The number of carbonyl (C=O) groups excluding carboxylic acids is 2. The molecule has 134 valence electrons. The fourth-order valence-corrected chi connectivity index (χ4v) is 2.62. The molecular formula is C19H18N2O5. The lowest BCUT2D eigenvalue weighted by atomic mass is 10.1. The van der Waals surface area contributed by atoms with E-state index in [4.69, 9.17) is 9.15 Å². The number of rotatable bonds is 7. The van der Waals surface area contributed by atoms with E-state index in [2.05, 4.69) is 10.3 Å². The molecule has 0 aliphatic heterocycles. The topological polar surface area (TPSA) is 101 Å². The molecule has 1 aromatic heterocycles. The summed E-state index contributed by atoms with van der Waals surface area (Å²) in [5, 5.41) is 2.78. The van der Waals surface area contributed by atoms with Crippen molar-refractivity contribution in [2.75, 3.05) is 7.11 Å². The number of amides is 1. The van der Waals surface area contributed by atoms with Crippen LogP contribution in [0.5, 0.6) is 5.75 Å². The summed E-state index contributed by atoms with van der Waals surface area (Å²) in [5.74, 6) is -0.285. The van der Waals surface area contributed by atoms with E-state index < -0.39 is 5.76 Å². The van der Waals surface area contributed by atoms with E-state index in [1.807, 2.05) is 24.3 Å². The Morgan fingerprint density at radius 2 is 1.96 bits per heavy atom. The third kappa shape index (κ3) is 4.00. The SMILES string of the molecule is COc1ccccc1CNC(=O)CCC(=O)c1ccc2[nH]c(=O)oc2c1. The van der Waals surface area contributed by atoms with E-state index in [1.54, 1.807) is 19.2 Å². The minimum atomic E-state index is -0.569. The number of benzene rings is 2. The lowest BCUT2D eigenvalue weighted by Gasteiger charge is -2.09. The molecule has 3 aromatic rings. The van der Waals surface area contributed by atoms with Gasteiger partial charge in [0.25, 0.3) is 0 Å². The van der Waals surface area contributed by atoms with Crippen molar-refractivity contribution in [3.63, 3.8) is 0 Å². The molecule has 0 radical (unpaired) electrons. The van der Waals surface area contributed by atoms with Crippen LogP contribution in [0.4, 0.5) is 0 Å². The first-order valence-electron chi connectivity index (χ1n) is 8.11. The lowest BCUT2D eigenvalue weighted by Crippen LogP contribution is -2.23. The van der Waals surface area contributed by atoms with Crippen LogP contribution < -0.4 is 15.8 Å². The summed E-state index contributed by atoms with van der Waals surface area (Å²) in [6, 6.07) is 12.1. The predicted molar refractivity (Wildman–Crippen MR) is 95.2 cm³/mol. The fourth-order valence-electron chi connectivity index (χ4n) is 2.62. The van der Waals surface area contributed by atoms with Crippen LogP contribution in [0.15, 0.2) is 51.7 Å². The average molecular weight is 354 g/mol. The van der Waals surface area contributed by atoms with Gasteiger partial charge in [-0.1, -0.05) is 18.2 Å². The summed E-state index contributed by atoms with van der Waals surface area (Å²) in [6.45, 7) is 0.331. The number of hydrogen-bond acceptors (Lipinski definition) is 5. The molecule has 0 saturated heterocycles. The first-order chi connectivity index (χ1) is 12.6. The van der Waals surface area contributed by atoms with Crippen molar-refractivity contribution < 1.29 is 18.7 Å². The zero-order valence-electron chi connectivity index (χ0n) is 14.2. The molecule has 2 aromatic carbocycles. The molecule has 7 heteroatoms. The maximum absolute atomic E-state index is 12.2. The third-order valence-corrected chi connectivity index (χ3v) is 3.99. The molecule has 1 heterocycles. The molecule has 0 aliphatic carbocycles. The highest BCUT2D eigenvalue weighted by Crippen LogP contribution is 2.17. The van der Waals surface area contributed by atoms with Crippen LogP contribution in [-0.4, -0.2) is 23.8 Å². The van der Waals surface area contributed by atoms with E-state index in [0.717, 1.165) is 5.56 Å².